The van der Waals surface area contributed by atoms with Crippen LogP contribution in [0, 0.1) is 12.7 Å². The second kappa shape index (κ2) is 5.65. The molecule has 0 amide bonds. The second-order valence-electron chi connectivity index (χ2n) is 4.33. The first kappa shape index (κ1) is 13.9. The van der Waals surface area contributed by atoms with E-state index in [0.717, 1.165) is 5.56 Å². The number of carbonyl (C=O) groups is 1. The molecule has 102 valence electrons. The number of halogens is 1. The van der Waals surface area contributed by atoms with Crippen LogP contribution >= 0.6 is 0 Å². The Labute approximate surface area is 116 Å². The zero-order valence-electron chi connectivity index (χ0n) is 11.3. The van der Waals surface area contributed by atoms with Crippen molar-refractivity contribution in [2.75, 3.05) is 7.11 Å². The van der Waals surface area contributed by atoms with Crippen molar-refractivity contribution < 1.29 is 13.9 Å². The maximum atomic E-state index is 13.3. The number of nitrogens with zero attached hydrogens (tertiary/aromatic N) is 1. The Bertz CT molecular complexity index is 680. The standard InChI is InChI=1S/C16H14FNO2/c1-4-13-8-12(16(19)20-3)9-15(18-13)11-5-6-14(17)10(2)7-11/h4-9H,1H2,2-3H3. The van der Waals surface area contributed by atoms with E-state index in [0.29, 0.717) is 22.5 Å². The van der Waals surface area contributed by atoms with Crippen LogP contribution in [0.4, 0.5) is 4.39 Å². The molecule has 0 unspecified atom stereocenters. The number of methoxy groups -OCH3 is 1. The van der Waals surface area contributed by atoms with Crippen molar-refractivity contribution >= 4 is 12.0 Å². The van der Waals surface area contributed by atoms with E-state index in [-0.39, 0.29) is 5.82 Å². The van der Waals surface area contributed by atoms with E-state index >= 15 is 0 Å². The van der Waals surface area contributed by atoms with Crippen molar-refractivity contribution in [3.63, 3.8) is 0 Å². The van der Waals surface area contributed by atoms with Crippen molar-refractivity contribution in [3.8, 4) is 11.3 Å². The van der Waals surface area contributed by atoms with Crippen molar-refractivity contribution in [1.29, 1.82) is 0 Å². The van der Waals surface area contributed by atoms with Gasteiger partial charge in [-0.25, -0.2) is 14.2 Å². The van der Waals surface area contributed by atoms with E-state index in [9.17, 15) is 9.18 Å². The first-order valence-corrected chi connectivity index (χ1v) is 6.04. The molecule has 0 spiro atoms. The molecule has 0 aliphatic heterocycles. The number of benzene rings is 1. The predicted octanol–water partition coefficient (Wildman–Crippen LogP) is 3.63. The molecule has 0 aliphatic rings. The van der Waals surface area contributed by atoms with Gasteiger partial charge >= 0.3 is 5.97 Å². The van der Waals surface area contributed by atoms with Crippen molar-refractivity contribution in [2.24, 2.45) is 0 Å². The minimum absolute atomic E-state index is 0.276. The molecule has 0 aliphatic carbocycles. The zero-order valence-corrected chi connectivity index (χ0v) is 11.3. The van der Waals surface area contributed by atoms with Gasteiger partial charge in [0, 0.05) is 5.56 Å². The molecular formula is C16H14FNO2. The van der Waals surface area contributed by atoms with Crippen LogP contribution in [-0.2, 0) is 4.74 Å². The van der Waals surface area contributed by atoms with Crippen molar-refractivity contribution in [3.05, 3.63) is 59.5 Å². The maximum absolute atomic E-state index is 13.3. The fourth-order valence-corrected chi connectivity index (χ4v) is 1.84. The number of ether oxygens (including phenoxy) is 1. The monoisotopic (exact) mass is 271 g/mol. The molecule has 0 atom stereocenters. The summed E-state index contributed by atoms with van der Waals surface area (Å²) in [5, 5.41) is 0. The van der Waals surface area contributed by atoms with Crippen LogP contribution in [0.25, 0.3) is 17.3 Å². The lowest BCUT2D eigenvalue weighted by Gasteiger charge is -2.07. The van der Waals surface area contributed by atoms with Gasteiger partial charge in [-0.3, -0.25) is 0 Å². The molecule has 20 heavy (non-hydrogen) atoms. The molecule has 0 radical (unpaired) electrons. The van der Waals surface area contributed by atoms with Gasteiger partial charge in [0.2, 0.25) is 0 Å². The lowest BCUT2D eigenvalue weighted by Crippen LogP contribution is -2.03. The number of pyridine rings is 1. The largest absolute Gasteiger partial charge is 0.465 e. The third-order valence-corrected chi connectivity index (χ3v) is 2.93. The third kappa shape index (κ3) is 2.74. The Kier molecular flexibility index (Phi) is 3.94. The number of hydrogen-bond acceptors (Lipinski definition) is 3. The summed E-state index contributed by atoms with van der Waals surface area (Å²) in [5.41, 5.74) is 2.77. The molecule has 1 aromatic carbocycles. The summed E-state index contributed by atoms with van der Waals surface area (Å²) in [6, 6.07) is 7.90. The van der Waals surface area contributed by atoms with E-state index in [1.807, 2.05) is 0 Å². The predicted molar refractivity (Wildman–Crippen MR) is 75.8 cm³/mol. The van der Waals surface area contributed by atoms with Crippen LogP contribution < -0.4 is 0 Å². The van der Waals surface area contributed by atoms with Crippen LogP contribution in [0.3, 0.4) is 0 Å². The number of hydrogen-bond donors (Lipinski definition) is 0. The van der Waals surface area contributed by atoms with Gasteiger partial charge in [0.1, 0.15) is 5.82 Å². The quantitative estimate of drug-likeness (QED) is 0.800. The Hall–Kier alpha value is -2.49. The Morgan fingerprint density at radius 2 is 2.10 bits per heavy atom. The topological polar surface area (TPSA) is 39.2 Å². The minimum Gasteiger partial charge on any atom is -0.465 e. The molecule has 0 saturated carbocycles. The average Bonchev–Trinajstić information content (AvgIpc) is 2.48. The van der Waals surface area contributed by atoms with Crippen LogP contribution in [-0.4, -0.2) is 18.1 Å². The number of esters is 1. The van der Waals surface area contributed by atoms with Crippen LogP contribution in [0.1, 0.15) is 21.6 Å². The van der Waals surface area contributed by atoms with Crippen molar-refractivity contribution in [2.45, 2.75) is 6.92 Å². The average molecular weight is 271 g/mol. The summed E-state index contributed by atoms with van der Waals surface area (Å²) in [6.45, 7) is 5.33. The van der Waals surface area contributed by atoms with Gasteiger partial charge in [0.15, 0.2) is 0 Å². The summed E-state index contributed by atoms with van der Waals surface area (Å²) >= 11 is 0. The Morgan fingerprint density at radius 3 is 2.70 bits per heavy atom. The van der Waals surface area contributed by atoms with Gasteiger partial charge in [-0.05, 0) is 48.9 Å². The van der Waals surface area contributed by atoms with Crippen LogP contribution in [0.2, 0.25) is 0 Å². The fraction of sp³-hybridized carbons (Fsp3) is 0.125. The number of carbonyl (C=O) groups excluding carboxylic acids is 1. The highest BCUT2D eigenvalue weighted by Crippen LogP contribution is 2.22. The highest BCUT2D eigenvalue weighted by molar-refractivity contribution is 5.91. The van der Waals surface area contributed by atoms with Crippen LogP contribution in [0.15, 0.2) is 36.9 Å². The van der Waals surface area contributed by atoms with Gasteiger partial charge in [-0.2, -0.15) is 0 Å². The number of aryl methyl sites for hydroxylation is 1. The molecule has 0 saturated heterocycles. The summed E-state index contributed by atoms with van der Waals surface area (Å²) < 4.78 is 18.0. The molecule has 1 aromatic heterocycles. The van der Waals surface area contributed by atoms with Gasteiger partial charge < -0.3 is 4.74 Å². The highest BCUT2D eigenvalue weighted by atomic mass is 19.1. The second-order valence-corrected chi connectivity index (χ2v) is 4.33. The number of aromatic nitrogens is 1. The molecule has 2 aromatic rings. The summed E-state index contributed by atoms with van der Waals surface area (Å²) in [4.78, 5) is 16.0. The first-order chi connectivity index (χ1) is 9.55. The summed E-state index contributed by atoms with van der Waals surface area (Å²) in [5.74, 6) is -0.725. The summed E-state index contributed by atoms with van der Waals surface area (Å²) in [7, 11) is 1.32. The van der Waals surface area contributed by atoms with E-state index < -0.39 is 5.97 Å². The summed E-state index contributed by atoms with van der Waals surface area (Å²) in [6.07, 6.45) is 1.55. The molecule has 4 heteroatoms. The number of rotatable bonds is 3. The Balaban J connectivity index is 2.57. The zero-order chi connectivity index (χ0) is 14.7. The van der Waals surface area contributed by atoms with Gasteiger partial charge in [-0.1, -0.05) is 6.58 Å². The first-order valence-electron chi connectivity index (χ1n) is 6.04. The minimum atomic E-state index is -0.449. The normalized spacial score (nSPS) is 10.2. The lowest BCUT2D eigenvalue weighted by atomic mass is 10.1. The molecule has 0 N–H and O–H groups in total. The van der Waals surface area contributed by atoms with Gasteiger partial charge in [-0.15, -0.1) is 0 Å². The molecule has 1 heterocycles. The smallest absolute Gasteiger partial charge is 0.338 e. The van der Waals surface area contributed by atoms with Crippen LogP contribution in [0.5, 0.6) is 0 Å². The van der Waals surface area contributed by atoms with E-state index in [1.165, 1.54) is 13.2 Å². The van der Waals surface area contributed by atoms with E-state index in [4.69, 9.17) is 4.74 Å². The molecular weight excluding hydrogens is 257 g/mol. The third-order valence-electron chi connectivity index (χ3n) is 2.93. The molecule has 0 bridgehead atoms. The van der Waals surface area contributed by atoms with E-state index in [2.05, 4.69) is 11.6 Å². The van der Waals surface area contributed by atoms with Gasteiger partial charge in [0.25, 0.3) is 0 Å². The highest BCUT2D eigenvalue weighted by Gasteiger charge is 2.11. The van der Waals surface area contributed by atoms with E-state index in [1.54, 1.807) is 37.3 Å². The lowest BCUT2D eigenvalue weighted by molar-refractivity contribution is 0.0600. The van der Waals surface area contributed by atoms with Gasteiger partial charge in [0.05, 0.1) is 24.1 Å². The maximum Gasteiger partial charge on any atom is 0.338 e. The molecule has 0 fully saturated rings. The van der Waals surface area contributed by atoms with Crippen molar-refractivity contribution in [1.82, 2.24) is 4.98 Å². The molecule has 2 rings (SSSR count). The Morgan fingerprint density at radius 1 is 1.35 bits per heavy atom. The SMILES string of the molecule is C=Cc1cc(C(=O)OC)cc(-c2ccc(F)c(C)c2)n1. The fourth-order valence-electron chi connectivity index (χ4n) is 1.84. The molecule has 3 nitrogen and oxygen atoms in total.